The van der Waals surface area contributed by atoms with E-state index < -0.39 is 18.5 Å². The molecule has 1 saturated carbocycles. The van der Waals surface area contributed by atoms with Gasteiger partial charge >= 0.3 is 5.97 Å². The first-order valence-electron chi connectivity index (χ1n) is 8.16. The number of rotatable bonds is 6. The van der Waals surface area contributed by atoms with E-state index in [1.54, 1.807) is 42.5 Å². The number of carbonyl (C=O) groups excluding carboxylic acids is 3. The zero-order chi connectivity index (χ0) is 18.5. The van der Waals surface area contributed by atoms with Crippen molar-refractivity contribution in [2.45, 2.75) is 18.9 Å². The van der Waals surface area contributed by atoms with Crippen LogP contribution in [-0.4, -0.2) is 30.4 Å². The van der Waals surface area contributed by atoms with Crippen molar-refractivity contribution < 1.29 is 19.1 Å². The highest BCUT2D eigenvalue weighted by Crippen LogP contribution is 2.21. The Hall–Kier alpha value is -2.42. The van der Waals surface area contributed by atoms with Crippen LogP contribution < -0.4 is 10.6 Å². The van der Waals surface area contributed by atoms with Gasteiger partial charge in [0.2, 0.25) is 0 Å². The van der Waals surface area contributed by atoms with E-state index >= 15 is 0 Å². The van der Waals surface area contributed by atoms with Gasteiger partial charge in [-0.1, -0.05) is 24.3 Å². The molecular weight excluding hydrogens is 447 g/mol. The van der Waals surface area contributed by atoms with Gasteiger partial charge in [0.25, 0.3) is 11.8 Å². The van der Waals surface area contributed by atoms with Gasteiger partial charge in [-0.15, -0.1) is 0 Å². The van der Waals surface area contributed by atoms with E-state index in [9.17, 15) is 14.4 Å². The number of halogens is 1. The van der Waals surface area contributed by atoms with Crippen LogP contribution >= 0.6 is 22.6 Å². The lowest BCUT2D eigenvalue weighted by molar-refractivity contribution is -0.119. The molecular formula is C19H17IN2O4. The number of anilines is 1. The van der Waals surface area contributed by atoms with Crippen LogP contribution in [-0.2, 0) is 9.53 Å². The molecule has 7 heteroatoms. The molecule has 6 nitrogen and oxygen atoms in total. The van der Waals surface area contributed by atoms with Gasteiger partial charge in [-0.05, 0) is 59.7 Å². The number of esters is 1. The molecule has 1 fully saturated rings. The van der Waals surface area contributed by atoms with Crippen molar-refractivity contribution in [2.75, 3.05) is 11.9 Å². The predicted octanol–water partition coefficient (Wildman–Crippen LogP) is 2.98. The van der Waals surface area contributed by atoms with Crippen molar-refractivity contribution in [1.82, 2.24) is 5.32 Å². The van der Waals surface area contributed by atoms with Crippen LogP contribution in [0.2, 0.25) is 0 Å². The monoisotopic (exact) mass is 464 g/mol. The molecule has 1 aliphatic carbocycles. The van der Waals surface area contributed by atoms with Gasteiger partial charge in [-0.2, -0.15) is 0 Å². The Balaban J connectivity index is 1.59. The van der Waals surface area contributed by atoms with Crippen LogP contribution in [0.5, 0.6) is 0 Å². The van der Waals surface area contributed by atoms with Crippen molar-refractivity contribution in [1.29, 1.82) is 0 Å². The maximum absolute atomic E-state index is 12.2. The Morgan fingerprint density at radius 3 is 2.35 bits per heavy atom. The molecule has 0 unspecified atom stereocenters. The topological polar surface area (TPSA) is 84.5 Å². The second kappa shape index (κ2) is 8.31. The van der Waals surface area contributed by atoms with Gasteiger partial charge in [0.05, 0.1) is 16.8 Å². The van der Waals surface area contributed by atoms with Crippen molar-refractivity contribution in [3.8, 4) is 0 Å². The van der Waals surface area contributed by atoms with Crippen LogP contribution in [0, 0.1) is 3.57 Å². The van der Waals surface area contributed by atoms with E-state index in [-0.39, 0.29) is 11.9 Å². The van der Waals surface area contributed by atoms with E-state index in [1.807, 2.05) is 28.7 Å². The maximum Gasteiger partial charge on any atom is 0.339 e. The Morgan fingerprint density at radius 1 is 1.00 bits per heavy atom. The lowest BCUT2D eigenvalue weighted by Gasteiger charge is -2.11. The number of amides is 2. The highest BCUT2D eigenvalue weighted by Gasteiger charge is 2.25. The van der Waals surface area contributed by atoms with Gasteiger partial charge in [0, 0.05) is 9.61 Å². The lowest BCUT2D eigenvalue weighted by atomic mass is 10.1. The second-order valence-corrected chi connectivity index (χ2v) is 7.06. The van der Waals surface area contributed by atoms with E-state index in [4.69, 9.17) is 4.74 Å². The van der Waals surface area contributed by atoms with Crippen molar-refractivity contribution >= 4 is 46.1 Å². The Labute approximate surface area is 164 Å². The lowest BCUT2D eigenvalue weighted by Crippen LogP contribution is -2.28. The fourth-order valence-electron chi connectivity index (χ4n) is 2.30. The van der Waals surface area contributed by atoms with Gasteiger partial charge in [-0.3, -0.25) is 9.59 Å². The number of ether oxygens (including phenoxy) is 1. The molecule has 0 aliphatic heterocycles. The molecule has 26 heavy (non-hydrogen) atoms. The number of carbonyl (C=O) groups is 3. The van der Waals surface area contributed by atoms with E-state index in [0.29, 0.717) is 16.8 Å². The normalized spacial score (nSPS) is 13.0. The van der Waals surface area contributed by atoms with Gasteiger partial charge in [0.1, 0.15) is 0 Å². The first-order chi connectivity index (χ1) is 12.5. The molecule has 3 rings (SSSR count). The first kappa shape index (κ1) is 18.4. The second-order valence-electron chi connectivity index (χ2n) is 5.90. The molecule has 0 saturated heterocycles. The average molecular weight is 464 g/mol. The summed E-state index contributed by atoms with van der Waals surface area (Å²) in [6.45, 7) is -0.428. The van der Waals surface area contributed by atoms with Gasteiger partial charge in [-0.25, -0.2) is 4.79 Å². The summed E-state index contributed by atoms with van der Waals surface area (Å²) in [5.74, 6) is -1.29. The molecule has 2 aromatic rings. The van der Waals surface area contributed by atoms with Gasteiger partial charge < -0.3 is 15.4 Å². The summed E-state index contributed by atoms with van der Waals surface area (Å²) in [6.07, 6.45) is 1.96. The molecule has 0 radical (unpaired) electrons. The van der Waals surface area contributed by atoms with Crippen LogP contribution in [0.3, 0.4) is 0 Å². The summed E-state index contributed by atoms with van der Waals surface area (Å²) >= 11 is 2.03. The number of hydrogen-bond acceptors (Lipinski definition) is 4. The van der Waals surface area contributed by atoms with E-state index in [0.717, 1.165) is 16.4 Å². The average Bonchev–Trinajstić information content (AvgIpc) is 3.44. The standard InChI is InChI=1S/C19H17IN2O4/c20-15-7-3-1-5-13(15)19(25)26-11-17(23)22-16-8-4-2-6-14(16)18(24)21-12-9-10-12/h1-8,12H,9-11H2,(H,21,24)(H,22,23). The number of para-hydroxylation sites is 1. The summed E-state index contributed by atoms with van der Waals surface area (Å²) in [5, 5.41) is 5.51. The van der Waals surface area contributed by atoms with E-state index in [2.05, 4.69) is 10.6 Å². The summed E-state index contributed by atoms with van der Waals surface area (Å²) in [5.41, 5.74) is 1.18. The fourth-order valence-corrected chi connectivity index (χ4v) is 2.91. The first-order valence-corrected chi connectivity index (χ1v) is 9.24. The number of hydrogen-bond donors (Lipinski definition) is 2. The van der Waals surface area contributed by atoms with E-state index in [1.165, 1.54) is 0 Å². The van der Waals surface area contributed by atoms with Crippen molar-refractivity contribution in [3.05, 3.63) is 63.2 Å². The smallest absolute Gasteiger partial charge is 0.339 e. The maximum atomic E-state index is 12.2. The van der Waals surface area contributed by atoms with Crippen molar-refractivity contribution in [2.24, 2.45) is 0 Å². The molecule has 0 aromatic heterocycles. The minimum Gasteiger partial charge on any atom is -0.452 e. The third kappa shape index (κ3) is 4.81. The molecule has 0 spiro atoms. The number of benzene rings is 2. The van der Waals surface area contributed by atoms with Crippen LogP contribution in [0.4, 0.5) is 5.69 Å². The summed E-state index contributed by atoms with van der Waals surface area (Å²) in [6, 6.07) is 13.9. The molecule has 2 aromatic carbocycles. The Kier molecular flexibility index (Phi) is 5.87. The quantitative estimate of drug-likeness (QED) is 0.509. The van der Waals surface area contributed by atoms with Crippen molar-refractivity contribution in [3.63, 3.8) is 0 Å². The Morgan fingerprint density at radius 2 is 1.65 bits per heavy atom. The van der Waals surface area contributed by atoms with Crippen LogP contribution in [0.25, 0.3) is 0 Å². The molecule has 0 heterocycles. The molecule has 0 atom stereocenters. The third-order valence-electron chi connectivity index (χ3n) is 3.79. The minimum atomic E-state index is -0.565. The van der Waals surface area contributed by atoms with Crippen LogP contribution in [0.1, 0.15) is 33.6 Å². The van der Waals surface area contributed by atoms with Gasteiger partial charge in [0.15, 0.2) is 6.61 Å². The minimum absolute atomic E-state index is 0.223. The summed E-state index contributed by atoms with van der Waals surface area (Å²) in [4.78, 5) is 36.4. The number of nitrogens with one attached hydrogen (secondary N) is 2. The highest BCUT2D eigenvalue weighted by atomic mass is 127. The molecule has 0 bridgehead atoms. The highest BCUT2D eigenvalue weighted by molar-refractivity contribution is 14.1. The summed E-state index contributed by atoms with van der Waals surface area (Å²) in [7, 11) is 0. The predicted molar refractivity (Wildman–Crippen MR) is 105 cm³/mol. The third-order valence-corrected chi connectivity index (χ3v) is 4.73. The largest absolute Gasteiger partial charge is 0.452 e. The van der Waals surface area contributed by atoms with Crippen LogP contribution in [0.15, 0.2) is 48.5 Å². The molecule has 2 amide bonds. The summed E-state index contributed by atoms with van der Waals surface area (Å²) < 4.78 is 5.81. The zero-order valence-corrected chi connectivity index (χ0v) is 16.0. The molecule has 2 N–H and O–H groups in total. The Bertz CT molecular complexity index is 849. The zero-order valence-electron chi connectivity index (χ0n) is 13.8. The SMILES string of the molecule is O=C(COC(=O)c1ccccc1I)Nc1ccccc1C(=O)NC1CC1. The fraction of sp³-hybridized carbons (Fsp3) is 0.211. The molecule has 134 valence electrons. The molecule has 1 aliphatic rings.